The summed E-state index contributed by atoms with van der Waals surface area (Å²) in [6.07, 6.45) is 6.80. The van der Waals surface area contributed by atoms with Gasteiger partial charge in [-0.2, -0.15) is 5.10 Å². The molecule has 0 aliphatic carbocycles. The van der Waals surface area contributed by atoms with Crippen molar-refractivity contribution in [2.75, 3.05) is 6.54 Å². The molecule has 0 saturated heterocycles. The summed E-state index contributed by atoms with van der Waals surface area (Å²) in [6, 6.07) is 0.646. The summed E-state index contributed by atoms with van der Waals surface area (Å²) in [7, 11) is 1.99. The fourth-order valence-electron chi connectivity index (χ4n) is 2.59. The molecule has 19 heavy (non-hydrogen) atoms. The minimum absolute atomic E-state index is 0.646. The Bertz CT molecular complexity index is 368. The first-order valence-corrected chi connectivity index (χ1v) is 7.95. The number of nitrogens with zero attached hydrogens (tertiary/aromatic N) is 2. The number of aryl methyl sites for hydroxylation is 2. The van der Waals surface area contributed by atoms with Gasteiger partial charge in [0.25, 0.3) is 0 Å². The number of rotatable bonds is 9. The average molecular weight is 286 g/mol. The van der Waals surface area contributed by atoms with Gasteiger partial charge >= 0.3 is 0 Å². The Kier molecular flexibility index (Phi) is 7.47. The van der Waals surface area contributed by atoms with Gasteiger partial charge in [-0.05, 0) is 38.6 Å². The molecule has 0 aliphatic heterocycles. The van der Waals surface area contributed by atoms with Crippen molar-refractivity contribution in [2.45, 2.75) is 65.3 Å². The fraction of sp³-hybridized carbons (Fsp3) is 0.800. The average Bonchev–Trinajstić information content (AvgIpc) is 2.66. The van der Waals surface area contributed by atoms with Crippen LogP contribution in [0.15, 0.2) is 0 Å². The van der Waals surface area contributed by atoms with E-state index >= 15 is 0 Å². The van der Waals surface area contributed by atoms with E-state index < -0.39 is 0 Å². The van der Waals surface area contributed by atoms with Crippen molar-refractivity contribution in [1.82, 2.24) is 15.1 Å². The molecule has 4 heteroatoms. The summed E-state index contributed by atoms with van der Waals surface area (Å²) < 4.78 is 1.95. The molecule has 0 radical (unpaired) electrons. The van der Waals surface area contributed by atoms with E-state index in [1.807, 2.05) is 11.7 Å². The topological polar surface area (TPSA) is 29.9 Å². The highest BCUT2D eigenvalue weighted by molar-refractivity contribution is 6.31. The molecule has 0 fully saturated rings. The van der Waals surface area contributed by atoms with Gasteiger partial charge in [-0.3, -0.25) is 4.68 Å². The summed E-state index contributed by atoms with van der Waals surface area (Å²) in [5.74, 6) is 0. The Morgan fingerprint density at radius 2 is 2.00 bits per heavy atom. The second kappa shape index (κ2) is 8.60. The molecule has 0 spiro atoms. The van der Waals surface area contributed by atoms with Gasteiger partial charge in [-0.15, -0.1) is 0 Å². The second-order valence-electron chi connectivity index (χ2n) is 5.12. The highest BCUT2D eigenvalue weighted by atomic mass is 35.5. The van der Waals surface area contributed by atoms with Crippen molar-refractivity contribution in [3.05, 3.63) is 16.4 Å². The molecule has 0 amide bonds. The van der Waals surface area contributed by atoms with Crippen LogP contribution in [-0.4, -0.2) is 22.4 Å². The highest BCUT2D eigenvalue weighted by Gasteiger charge is 2.13. The maximum absolute atomic E-state index is 6.37. The first kappa shape index (κ1) is 16.5. The summed E-state index contributed by atoms with van der Waals surface area (Å²) in [6.45, 7) is 7.57. The third kappa shape index (κ3) is 4.81. The van der Waals surface area contributed by atoms with Crippen LogP contribution in [-0.2, 0) is 19.9 Å². The van der Waals surface area contributed by atoms with E-state index in [4.69, 9.17) is 11.6 Å². The lowest BCUT2D eigenvalue weighted by Crippen LogP contribution is -2.28. The Morgan fingerprint density at radius 1 is 1.26 bits per heavy atom. The van der Waals surface area contributed by atoms with Crippen LogP contribution in [0, 0.1) is 0 Å². The first-order valence-electron chi connectivity index (χ1n) is 7.57. The number of nitrogens with one attached hydrogen (secondary N) is 1. The second-order valence-corrected chi connectivity index (χ2v) is 5.50. The SMILES string of the molecule is CCCC(CCCc1c(Cl)c(CC)nn1C)NCC. The van der Waals surface area contributed by atoms with Crippen molar-refractivity contribution in [3.63, 3.8) is 0 Å². The van der Waals surface area contributed by atoms with E-state index in [1.54, 1.807) is 0 Å². The standard InChI is InChI=1S/C15H28ClN3/c1-5-9-12(17-7-3)10-8-11-14-15(16)13(6-2)18-19(14)4/h12,17H,5-11H2,1-4H3. The predicted octanol–water partition coefficient (Wildman–Crippen LogP) is 3.74. The fourth-order valence-corrected chi connectivity index (χ4v) is 2.98. The lowest BCUT2D eigenvalue weighted by atomic mass is 10.0. The van der Waals surface area contributed by atoms with Gasteiger partial charge in [-0.25, -0.2) is 0 Å². The van der Waals surface area contributed by atoms with Gasteiger partial charge in [0.15, 0.2) is 0 Å². The van der Waals surface area contributed by atoms with E-state index in [1.165, 1.54) is 31.4 Å². The van der Waals surface area contributed by atoms with Crippen molar-refractivity contribution >= 4 is 11.6 Å². The normalized spacial score (nSPS) is 12.9. The van der Waals surface area contributed by atoms with E-state index in [0.29, 0.717) is 6.04 Å². The van der Waals surface area contributed by atoms with Crippen LogP contribution in [0.1, 0.15) is 57.8 Å². The third-order valence-electron chi connectivity index (χ3n) is 3.60. The maximum Gasteiger partial charge on any atom is 0.0849 e. The molecule has 3 nitrogen and oxygen atoms in total. The molecule has 1 rings (SSSR count). The number of aromatic nitrogens is 2. The van der Waals surface area contributed by atoms with Crippen molar-refractivity contribution < 1.29 is 0 Å². The quantitative estimate of drug-likeness (QED) is 0.749. The van der Waals surface area contributed by atoms with Gasteiger partial charge in [0.1, 0.15) is 0 Å². The molecule has 1 N–H and O–H groups in total. The lowest BCUT2D eigenvalue weighted by molar-refractivity contribution is 0.445. The van der Waals surface area contributed by atoms with Crippen molar-refractivity contribution in [2.24, 2.45) is 7.05 Å². The predicted molar refractivity (Wildman–Crippen MR) is 82.9 cm³/mol. The molecular weight excluding hydrogens is 258 g/mol. The van der Waals surface area contributed by atoms with Crippen LogP contribution in [0.3, 0.4) is 0 Å². The lowest BCUT2D eigenvalue weighted by Gasteiger charge is -2.16. The molecule has 1 aromatic rings. The maximum atomic E-state index is 6.37. The zero-order valence-corrected chi connectivity index (χ0v) is 13.6. The van der Waals surface area contributed by atoms with Crippen LogP contribution in [0.5, 0.6) is 0 Å². The molecule has 1 unspecified atom stereocenters. The van der Waals surface area contributed by atoms with Gasteiger partial charge in [0.05, 0.1) is 16.4 Å². The number of hydrogen-bond acceptors (Lipinski definition) is 2. The molecule has 0 bridgehead atoms. The van der Waals surface area contributed by atoms with Gasteiger partial charge in [0.2, 0.25) is 0 Å². The molecule has 1 atom stereocenters. The Labute approximate surface area is 122 Å². The van der Waals surface area contributed by atoms with Gasteiger partial charge < -0.3 is 5.32 Å². The zero-order chi connectivity index (χ0) is 14.3. The van der Waals surface area contributed by atoms with Gasteiger partial charge in [-0.1, -0.05) is 38.8 Å². The van der Waals surface area contributed by atoms with E-state index in [2.05, 4.69) is 31.2 Å². The van der Waals surface area contributed by atoms with E-state index in [0.717, 1.165) is 30.1 Å². The van der Waals surface area contributed by atoms with Crippen molar-refractivity contribution in [1.29, 1.82) is 0 Å². The van der Waals surface area contributed by atoms with E-state index in [9.17, 15) is 0 Å². The smallest absolute Gasteiger partial charge is 0.0849 e. The summed E-state index contributed by atoms with van der Waals surface area (Å²) in [5.41, 5.74) is 2.21. The molecular formula is C15H28ClN3. The number of hydrogen-bond donors (Lipinski definition) is 1. The van der Waals surface area contributed by atoms with Crippen LogP contribution in [0.2, 0.25) is 5.02 Å². The Morgan fingerprint density at radius 3 is 2.53 bits per heavy atom. The Balaban J connectivity index is 2.50. The van der Waals surface area contributed by atoms with Crippen LogP contribution >= 0.6 is 11.6 Å². The first-order chi connectivity index (χ1) is 9.13. The highest BCUT2D eigenvalue weighted by Crippen LogP contribution is 2.22. The monoisotopic (exact) mass is 285 g/mol. The molecule has 0 aromatic carbocycles. The molecule has 1 aromatic heterocycles. The summed E-state index contributed by atoms with van der Waals surface area (Å²) >= 11 is 6.37. The molecule has 1 heterocycles. The summed E-state index contributed by atoms with van der Waals surface area (Å²) in [4.78, 5) is 0. The van der Waals surface area contributed by atoms with Crippen LogP contribution in [0.4, 0.5) is 0 Å². The van der Waals surface area contributed by atoms with Crippen molar-refractivity contribution in [3.8, 4) is 0 Å². The van der Waals surface area contributed by atoms with Crippen LogP contribution < -0.4 is 5.32 Å². The largest absolute Gasteiger partial charge is 0.314 e. The van der Waals surface area contributed by atoms with Crippen LogP contribution in [0.25, 0.3) is 0 Å². The number of halogens is 1. The van der Waals surface area contributed by atoms with E-state index in [-0.39, 0.29) is 0 Å². The molecule has 0 saturated carbocycles. The molecule has 110 valence electrons. The van der Waals surface area contributed by atoms with Gasteiger partial charge in [0, 0.05) is 13.1 Å². The minimum atomic E-state index is 0.646. The molecule has 0 aliphatic rings. The third-order valence-corrected chi connectivity index (χ3v) is 4.04. The zero-order valence-electron chi connectivity index (χ0n) is 12.8. The minimum Gasteiger partial charge on any atom is -0.314 e. The Hall–Kier alpha value is -0.540. The summed E-state index contributed by atoms with van der Waals surface area (Å²) in [5, 5.41) is 8.90.